The first-order chi connectivity index (χ1) is 13.1. The standard InChI is InChI=1S/C21H35N5O2/c1-21(2,3)26-13-16(11-19(26)27)20(28)25-9-7-15(8-10-25)18-12-17(14-23(4)5)24(6)22-18/h12,15-16H,7-11,13-14H2,1-6H3/t16-/m0/s1. The van der Waals surface area contributed by atoms with Crippen LogP contribution in [0.5, 0.6) is 0 Å². The van der Waals surface area contributed by atoms with Gasteiger partial charge in [-0.1, -0.05) is 0 Å². The maximum atomic E-state index is 13.0. The topological polar surface area (TPSA) is 61.7 Å². The molecule has 2 fully saturated rings. The van der Waals surface area contributed by atoms with Crippen LogP contribution in [0.3, 0.4) is 0 Å². The van der Waals surface area contributed by atoms with Crippen molar-refractivity contribution < 1.29 is 9.59 Å². The van der Waals surface area contributed by atoms with Gasteiger partial charge in [-0.05, 0) is 53.8 Å². The molecule has 1 aromatic heterocycles. The number of nitrogens with zero attached hydrogens (tertiary/aromatic N) is 5. The van der Waals surface area contributed by atoms with Crippen LogP contribution in [-0.4, -0.2) is 75.6 Å². The molecule has 0 bridgehead atoms. The predicted octanol–water partition coefficient (Wildman–Crippen LogP) is 1.83. The van der Waals surface area contributed by atoms with Gasteiger partial charge < -0.3 is 14.7 Å². The Labute approximate surface area is 168 Å². The monoisotopic (exact) mass is 389 g/mol. The van der Waals surface area contributed by atoms with Crippen LogP contribution in [0.2, 0.25) is 0 Å². The van der Waals surface area contributed by atoms with Gasteiger partial charge in [0.25, 0.3) is 0 Å². The minimum absolute atomic E-state index is 0.0997. The first kappa shape index (κ1) is 20.8. The zero-order valence-electron chi connectivity index (χ0n) is 18.2. The lowest BCUT2D eigenvalue weighted by Gasteiger charge is -2.34. The number of aryl methyl sites for hydroxylation is 1. The molecule has 156 valence electrons. The van der Waals surface area contributed by atoms with E-state index in [0.717, 1.165) is 38.2 Å². The Balaban J connectivity index is 1.57. The molecule has 0 spiro atoms. The molecule has 0 aromatic carbocycles. The lowest BCUT2D eigenvalue weighted by molar-refractivity contribution is -0.136. The molecule has 2 saturated heterocycles. The number of aromatic nitrogens is 2. The van der Waals surface area contributed by atoms with Crippen molar-refractivity contribution in [2.24, 2.45) is 13.0 Å². The SMILES string of the molecule is CN(C)Cc1cc(C2CCN(C(=O)[C@H]3CC(=O)N(C(C)(C)C)C3)CC2)nn1C. The highest BCUT2D eigenvalue weighted by atomic mass is 16.2. The molecule has 0 unspecified atom stereocenters. The number of hydrogen-bond acceptors (Lipinski definition) is 4. The molecule has 2 aliphatic rings. The van der Waals surface area contributed by atoms with E-state index in [1.54, 1.807) is 0 Å². The van der Waals surface area contributed by atoms with Crippen molar-refractivity contribution >= 4 is 11.8 Å². The molecule has 1 atom stereocenters. The summed E-state index contributed by atoms with van der Waals surface area (Å²) in [6, 6.07) is 2.21. The molecule has 3 heterocycles. The van der Waals surface area contributed by atoms with E-state index in [1.807, 2.05) is 42.3 Å². The Morgan fingerprint density at radius 3 is 2.43 bits per heavy atom. The zero-order valence-corrected chi connectivity index (χ0v) is 18.2. The predicted molar refractivity (Wildman–Crippen MR) is 109 cm³/mol. The van der Waals surface area contributed by atoms with E-state index in [2.05, 4.69) is 25.1 Å². The fourth-order valence-corrected chi connectivity index (χ4v) is 4.38. The van der Waals surface area contributed by atoms with Gasteiger partial charge in [-0.25, -0.2) is 0 Å². The van der Waals surface area contributed by atoms with E-state index in [1.165, 1.54) is 5.69 Å². The molecular formula is C21H35N5O2. The number of amides is 2. The van der Waals surface area contributed by atoms with Crippen LogP contribution in [-0.2, 0) is 23.2 Å². The van der Waals surface area contributed by atoms with Crippen molar-refractivity contribution in [3.05, 3.63) is 17.5 Å². The lowest BCUT2D eigenvalue weighted by Crippen LogP contribution is -2.45. The Bertz CT molecular complexity index is 726. The lowest BCUT2D eigenvalue weighted by atomic mass is 9.92. The smallest absolute Gasteiger partial charge is 0.227 e. The highest BCUT2D eigenvalue weighted by Crippen LogP contribution is 2.31. The molecule has 0 aliphatic carbocycles. The second-order valence-corrected chi connectivity index (χ2v) is 9.60. The molecule has 3 rings (SSSR count). The zero-order chi connectivity index (χ0) is 20.6. The van der Waals surface area contributed by atoms with Crippen LogP contribution >= 0.6 is 0 Å². The molecule has 2 aliphatic heterocycles. The van der Waals surface area contributed by atoms with Gasteiger partial charge in [-0.15, -0.1) is 0 Å². The minimum atomic E-state index is -0.220. The summed E-state index contributed by atoms with van der Waals surface area (Å²) in [7, 11) is 6.12. The average molecular weight is 390 g/mol. The van der Waals surface area contributed by atoms with Crippen LogP contribution in [0.25, 0.3) is 0 Å². The second-order valence-electron chi connectivity index (χ2n) is 9.60. The molecule has 0 saturated carbocycles. The summed E-state index contributed by atoms with van der Waals surface area (Å²) in [5.41, 5.74) is 2.13. The van der Waals surface area contributed by atoms with E-state index < -0.39 is 0 Å². The van der Waals surface area contributed by atoms with E-state index >= 15 is 0 Å². The van der Waals surface area contributed by atoms with Crippen molar-refractivity contribution in [2.45, 2.75) is 58.0 Å². The van der Waals surface area contributed by atoms with Crippen LogP contribution in [0.4, 0.5) is 0 Å². The van der Waals surface area contributed by atoms with Crippen LogP contribution in [0.15, 0.2) is 6.07 Å². The summed E-state index contributed by atoms with van der Waals surface area (Å²) in [4.78, 5) is 31.2. The van der Waals surface area contributed by atoms with Crippen molar-refractivity contribution in [3.8, 4) is 0 Å². The van der Waals surface area contributed by atoms with E-state index in [0.29, 0.717) is 18.9 Å². The summed E-state index contributed by atoms with van der Waals surface area (Å²) >= 11 is 0. The van der Waals surface area contributed by atoms with Crippen LogP contribution in [0, 0.1) is 5.92 Å². The van der Waals surface area contributed by atoms with Gasteiger partial charge in [-0.2, -0.15) is 5.10 Å². The average Bonchev–Trinajstić information content (AvgIpc) is 3.17. The Kier molecular flexibility index (Phi) is 5.84. The first-order valence-corrected chi connectivity index (χ1v) is 10.3. The molecule has 7 nitrogen and oxygen atoms in total. The Morgan fingerprint density at radius 2 is 1.89 bits per heavy atom. The summed E-state index contributed by atoms with van der Waals surface area (Å²) in [6.45, 7) is 9.02. The van der Waals surface area contributed by atoms with E-state index in [-0.39, 0.29) is 23.3 Å². The van der Waals surface area contributed by atoms with Gasteiger partial charge in [0.15, 0.2) is 0 Å². The molecule has 0 N–H and O–H groups in total. The second kappa shape index (κ2) is 7.85. The van der Waals surface area contributed by atoms with Gasteiger partial charge in [0.2, 0.25) is 11.8 Å². The molecule has 0 radical (unpaired) electrons. The fourth-order valence-electron chi connectivity index (χ4n) is 4.38. The third-order valence-corrected chi connectivity index (χ3v) is 5.98. The summed E-state index contributed by atoms with van der Waals surface area (Å²) in [5.74, 6) is 0.461. The molecular weight excluding hydrogens is 354 g/mol. The number of carbonyl (C=O) groups is 2. The van der Waals surface area contributed by atoms with Gasteiger partial charge in [-0.3, -0.25) is 14.3 Å². The quantitative estimate of drug-likeness (QED) is 0.788. The Morgan fingerprint density at radius 1 is 1.25 bits per heavy atom. The summed E-state index contributed by atoms with van der Waals surface area (Å²) in [5, 5.41) is 4.72. The van der Waals surface area contributed by atoms with Gasteiger partial charge in [0.1, 0.15) is 0 Å². The van der Waals surface area contributed by atoms with Gasteiger partial charge in [0, 0.05) is 51.1 Å². The highest BCUT2D eigenvalue weighted by molar-refractivity contribution is 5.89. The van der Waals surface area contributed by atoms with E-state index in [4.69, 9.17) is 5.10 Å². The maximum absolute atomic E-state index is 13.0. The number of rotatable bonds is 4. The third-order valence-electron chi connectivity index (χ3n) is 5.98. The van der Waals surface area contributed by atoms with E-state index in [9.17, 15) is 9.59 Å². The van der Waals surface area contributed by atoms with Crippen molar-refractivity contribution in [1.82, 2.24) is 24.5 Å². The number of piperidine rings is 1. The molecule has 28 heavy (non-hydrogen) atoms. The third kappa shape index (κ3) is 4.40. The first-order valence-electron chi connectivity index (χ1n) is 10.3. The molecule has 7 heteroatoms. The number of hydrogen-bond donors (Lipinski definition) is 0. The van der Waals surface area contributed by atoms with Crippen molar-refractivity contribution in [1.29, 1.82) is 0 Å². The van der Waals surface area contributed by atoms with Crippen molar-refractivity contribution in [3.63, 3.8) is 0 Å². The van der Waals surface area contributed by atoms with Gasteiger partial charge in [0.05, 0.1) is 17.3 Å². The highest BCUT2D eigenvalue weighted by Gasteiger charge is 2.41. The maximum Gasteiger partial charge on any atom is 0.227 e. The Hall–Kier alpha value is -1.89. The summed E-state index contributed by atoms with van der Waals surface area (Å²) < 4.78 is 1.97. The normalized spacial score (nSPS) is 21.8. The fraction of sp³-hybridized carbons (Fsp3) is 0.762. The molecule has 2 amide bonds. The number of likely N-dealkylation sites (tertiary alicyclic amines) is 2. The number of carbonyl (C=O) groups excluding carboxylic acids is 2. The minimum Gasteiger partial charge on any atom is -0.342 e. The van der Waals surface area contributed by atoms with Crippen LogP contribution in [0.1, 0.15) is 57.3 Å². The van der Waals surface area contributed by atoms with Crippen molar-refractivity contribution in [2.75, 3.05) is 33.7 Å². The molecule has 1 aromatic rings. The largest absolute Gasteiger partial charge is 0.342 e. The summed E-state index contributed by atoms with van der Waals surface area (Å²) in [6.07, 6.45) is 2.23. The van der Waals surface area contributed by atoms with Gasteiger partial charge >= 0.3 is 0 Å². The van der Waals surface area contributed by atoms with Crippen LogP contribution < -0.4 is 0 Å².